The highest BCUT2D eigenvalue weighted by molar-refractivity contribution is 9.10. The molecule has 1 amide bonds. The van der Waals surface area contributed by atoms with Crippen LogP contribution < -0.4 is 0 Å². The van der Waals surface area contributed by atoms with Crippen molar-refractivity contribution in [3.05, 3.63) is 75.4 Å². The van der Waals surface area contributed by atoms with Gasteiger partial charge < -0.3 is 9.32 Å². The van der Waals surface area contributed by atoms with Crippen LogP contribution in [-0.2, 0) is 13.1 Å². The molecule has 1 aliphatic rings. The number of aromatic nitrogens is 2. The highest BCUT2D eigenvalue weighted by Gasteiger charge is 2.22. The second kappa shape index (κ2) is 8.55. The Balaban J connectivity index is 1.34. The molecule has 1 aliphatic heterocycles. The lowest BCUT2D eigenvalue weighted by molar-refractivity contribution is 0.0620. The maximum atomic E-state index is 12.9. The number of furan rings is 1. The number of carbonyl (C=O) groups excluding carboxylic acids is 1. The molecule has 3 heterocycles. The number of amides is 1. The van der Waals surface area contributed by atoms with E-state index in [4.69, 9.17) is 4.42 Å². The first-order valence-corrected chi connectivity index (χ1v) is 10.6. The van der Waals surface area contributed by atoms with Crippen LogP contribution in [0.5, 0.6) is 0 Å². The summed E-state index contributed by atoms with van der Waals surface area (Å²) in [4.78, 5) is 17.1. The summed E-state index contributed by atoms with van der Waals surface area (Å²) in [5.41, 5.74) is 3.96. The van der Waals surface area contributed by atoms with Crippen LogP contribution in [0.15, 0.2) is 51.6 Å². The van der Waals surface area contributed by atoms with Crippen LogP contribution in [0.25, 0.3) is 0 Å². The smallest absolute Gasteiger partial charge is 0.253 e. The minimum Gasteiger partial charge on any atom is -0.468 e. The highest BCUT2D eigenvalue weighted by Crippen LogP contribution is 2.21. The molecule has 1 saturated heterocycles. The maximum absolute atomic E-state index is 12.9. The number of carbonyl (C=O) groups is 1. The molecule has 6 nitrogen and oxygen atoms in total. The monoisotopic (exact) mass is 456 g/mol. The van der Waals surface area contributed by atoms with E-state index in [0.717, 1.165) is 65.5 Å². The minimum atomic E-state index is 0.100. The van der Waals surface area contributed by atoms with Gasteiger partial charge in [0.1, 0.15) is 5.76 Å². The molecule has 0 radical (unpaired) electrons. The van der Waals surface area contributed by atoms with E-state index in [-0.39, 0.29) is 5.91 Å². The van der Waals surface area contributed by atoms with Gasteiger partial charge in [-0.2, -0.15) is 5.10 Å². The van der Waals surface area contributed by atoms with Gasteiger partial charge in [0.05, 0.1) is 35.2 Å². The zero-order chi connectivity index (χ0) is 20.4. The first-order valence-electron chi connectivity index (χ1n) is 9.83. The molecular weight excluding hydrogens is 432 g/mol. The van der Waals surface area contributed by atoms with Gasteiger partial charge in [0, 0.05) is 31.7 Å². The molecular formula is C22H25BrN4O2. The van der Waals surface area contributed by atoms with Crippen LogP contribution in [0.1, 0.15) is 33.1 Å². The van der Waals surface area contributed by atoms with Crippen LogP contribution in [0.2, 0.25) is 0 Å². The number of nitrogens with zero attached hydrogens (tertiary/aromatic N) is 4. The molecule has 0 bridgehead atoms. The number of aryl methyl sites for hydroxylation is 1. The first kappa shape index (κ1) is 19.9. The van der Waals surface area contributed by atoms with E-state index >= 15 is 0 Å². The number of halogens is 1. The first-order chi connectivity index (χ1) is 14.0. The van der Waals surface area contributed by atoms with Gasteiger partial charge in [-0.25, -0.2) is 0 Å². The molecule has 2 aromatic heterocycles. The van der Waals surface area contributed by atoms with Gasteiger partial charge in [-0.05, 0) is 59.6 Å². The molecule has 3 aromatic rings. The summed E-state index contributed by atoms with van der Waals surface area (Å²) in [6.07, 6.45) is 1.70. The Kier molecular flexibility index (Phi) is 5.87. The van der Waals surface area contributed by atoms with E-state index in [1.165, 1.54) is 0 Å². The van der Waals surface area contributed by atoms with Crippen LogP contribution in [0.4, 0.5) is 0 Å². The molecule has 0 atom stereocenters. The molecule has 0 spiro atoms. The fourth-order valence-electron chi connectivity index (χ4n) is 3.67. The molecule has 0 aliphatic carbocycles. The third-order valence-corrected chi connectivity index (χ3v) is 6.59. The topological polar surface area (TPSA) is 54.5 Å². The van der Waals surface area contributed by atoms with E-state index < -0.39 is 0 Å². The number of rotatable bonds is 5. The summed E-state index contributed by atoms with van der Waals surface area (Å²) >= 11 is 3.57. The molecule has 4 rings (SSSR count). The van der Waals surface area contributed by atoms with Crippen molar-refractivity contribution >= 4 is 21.8 Å². The Morgan fingerprint density at radius 1 is 1.07 bits per heavy atom. The number of hydrogen-bond donors (Lipinski definition) is 0. The fraction of sp³-hybridized carbons (Fsp3) is 0.364. The molecule has 0 unspecified atom stereocenters. The van der Waals surface area contributed by atoms with Crippen molar-refractivity contribution in [2.24, 2.45) is 0 Å². The van der Waals surface area contributed by atoms with Crippen LogP contribution in [0, 0.1) is 13.8 Å². The molecule has 7 heteroatoms. The van der Waals surface area contributed by atoms with Crippen molar-refractivity contribution in [1.82, 2.24) is 19.6 Å². The summed E-state index contributed by atoms with van der Waals surface area (Å²) in [5.74, 6) is 1.07. The summed E-state index contributed by atoms with van der Waals surface area (Å²) in [6, 6.07) is 11.8. The van der Waals surface area contributed by atoms with Crippen LogP contribution >= 0.6 is 15.9 Å². The van der Waals surface area contributed by atoms with Crippen molar-refractivity contribution in [2.45, 2.75) is 26.9 Å². The Morgan fingerprint density at radius 2 is 1.79 bits per heavy atom. The average molecular weight is 457 g/mol. The van der Waals surface area contributed by atoms with Crippen molar-refractivity contribution < 1.29 is 9.21 Å². The van der Waals surface area contributed by atoms with Gasteiger partial charge in [0.2, 0.25) is 0 Å². The zero-order valence-electron chi connectivity index (χ0n) is 16.8. The summed E-state index contributed by atoms with van der Waals surface area (Å²) in [6.45, 7) is 8.72. The van der Waals surface area contributed by atoms with Gasteiger partial charge in [-0.1, -0.05) is 12.1 Å². The molecule has 0 saturated carbocycles. The van der Waals surface area contributed by atoms with E-state index in [2.05, 4.69) is 25.9 Å². The Hall–Kier alpha value is -2.38. The minimum absolute atomic E-state index is 0.100. The highest BCUT2D eigenvalue weighted by atomic mass is 79.9. The van der Waals surface area contributed by atoms with Gasteiger partial charge >= 0.3 is 0 Å². The van der Waals surface area contributed by atoms with Gasteiger partial charge in [0.25, 0.3) is 5.91 Å². The largest absolute Gasteiger partial charge is 0.468 e. The van der Waals surface area contributed by atoms with E-state index in [0.29, 0.717) is 6.54 Å². The van der Waals surface area contributed by atoms with E-state index in [1.54, 1.807) is 6.26 Å². The lowest BCUT2D eigenvalue weighted by Crippen LogP contribution is -2.48. The second-order valence-corrected chi connectivity index (χ2v) is 8.28. The predicted molar refractivity (Wildman–Crippen MR) is 115 cm³/mol. The average Bonchev–Trinajstić information content (AvgIpc) is 3.33. The molecule has 152 valence electrons. The lowest BCUT2D eigenvalue weighted by Gasteiger charge is -2.34. The molecule has 1 aromatic carbocycles. The van der Waals surface area contributed by atoms with E-state index in [1.807, 2.05) is 59.8 Å². The number of benzene rings is 1. The van der Waals surface area contributed by atoms with Crippen LogP contribution in [0.3, 0.4) is 0 Å². The zero-order valence-corrected chi connectivity index (χ0v) is 18.4. The van der Waals surface area contributed by atoms with Crippen molar-refractivity contribution in [1.29, 1.82) is 0 Å². The third-order valence-electron chi connectivity index (χ3n) is 5.45. The Bertz CT molecular complexity index is 971. The third kappa shape index (κ3) is 4.46. The summed E-state index contributed by atoms with van der Waals surface area (Å²) in [5, 5.41) is 4.55. The standard InChI is InChI=1S/C22H25BrN4O2/c1-16-21(23)17(2)27(24-16)14-18-5-7-19(8-6-18)22(28)26-11-9-25(10-12-26)15-20-4-3-13-29-20/h3-8,13H,9-12,14-15H2,1-2H3. The second-order valence-electron chi connectivity index (χ2n) is 7.49. The lowest BCUT2D eigenvalue weighted by atomic mass is 10.1. The molecule has 1 fully saturated rings. The Morgan fingerprint density at radius 3 is 2.38 bits per heavy atom. The van der Waals surface area contributed by atoms with E-state index in [9.17, 15) is 4.79 Å². The molecule has 29 heavy (non-hydrogen) atoms. The number of hydrogen-bond acceptors (Lipinski definition) is 4. The van der Waals surface area contributed by atoms with Gasteiger partial charge in [0.15, 0.2) is 0 Å². The fourth-order valence-corrected chi connectivity index (χ4v) is 3.95. The van der Waals surface area contributed by atoms with Crippen molar-refractivity contribution in [2.75, 3.05) is 26.2 Å². The van der Waals surface area contributed by atoms with Crippen molar-refractivity contribution in [3.63, 3.8) is 0 Å². The van der Waals surface area contributed by atoms with Crippen molar-refractivity contribution in [3.8, 4) is 0 Å². The predicted octanol–water partition coefficient (Wildman–Crippen LogP) is 3.86. The summed E-state index contributed by atoms with van der Waals surface area (Å²) in [7, 11) is 0. The van der Waals surface area contributed by atoms with Crippen LogP contribution in [-0.4, -0.2) is 51.7 Å². The number of piperazine rings is 1. The summed E-state index contributed by atoms with van der Waals surface area (Å²) < 4.78 is 8.45. The van der Waals surface area contributed by atoms with Gasteiger partial charge in [-0.15, -0.1) is 0 Å². The maximum Gasteiger partial charge on any atom is 0.253 e. The molecule has 0 N–H and O–H groups in total. The van der Waals surface area contributed by atoms with Gasteiger partial charge in [-0.3, -0.25) is 14.4 Å². The Labute approximate surface area is 179 Å². The SMILES string of the molecule is Cc1nn(Cc2ccc(C(=O)N3CCN(Cc4ccco4)CC3)cc2)c(C)c1Br. The quantitative estimate of drug-likeness (QED) is 0.584. The normalized spacial score (nSPS) is 15.1.